The zero-order valence-corrected chi connectivity index (χ0v) is 15.9. The maximum absolute atomic E-state index is 6.13. The lowest BCUT2D eigenvalue weighted by atomic mass is 9.86. The first-order valence-corrected chi connectivity index (χ1v) is 8.52. The minimum Gasteiger partial charge on any atom is -0.371 e. The van der Waals surface area contributed by atoms with Gasteiger partial charge in [0.15, 0.2) is 0 Å². The van der Waals surface area contributed by atoms with Crippen molar-refractivity contribution in [1.29, 1.82) is 0 Å². The predicted molar refractivity (Wildman–Crippen MR) is 104 cm³/mol. The van der Waals surface area contributed by atoms with Gasteiger partial charge in [-0.3, -0.25) is 0 Å². The van der Waals surface area contributed by atoms with Crippen molar-refractivity contribution in [3.63, 3.8) is 0 Å². The molecule has 0 bridgehead atoms. The molecule has 0 saturated heterocycles. The van der Waals surface area contributed by atoms with Crippen LogP contribution in [0.1, 0.15) is 53.0 Å². The largest absolute Gasteiger partial charge is 0.371 e. The van der Waals surface area contributed by atoms with Crippen molar-refractivity contribution in [3.05, 3.63) is 29.8 Å². The quantitative estimate of drug-likeness (QED) is 0.632. The number of terminal acetylenes is 2. The lowest BCUT2D eigenvalue weighted by Gasteiger charge is -2.29. The average Bonchev–Trinajstić information content (AvgIpc) is 2.51. The molecule has 1 rings (SSSR count). The Morgan fingerprint density at radius 2 is 1.46 bits per heavy atom. The maximum Gasteiger partial charge on any atom is 0.0801 e. The minimum atomic E-state index is -0.120. The summed E-state index contributed by atoms with van der Waals surface area (Å²) in [6.45, 7) is 12.8. The molecule has 0 fully saturated rings. The monoisotopic (exact) mass is 325 g/mol. The molecule has 0 heterocycles. The highest BCUT2D eigenvalue weighted by Crippen LogP contribution is 2.28. The molecule has 0 amide bonds. The summed E-state index contributed by atoms with van der Waals surface area (Å²) in [5.74, 6) is 5.29. The summed E-state index contributed by atoms with van der Waals surface area (Å²) >= 11 is 0. The van der Waals surface area contributed by atoms with Crippen molar-refractivity contribution in [2.24, 2.45) is 5.41 Å². The second-order valence-electron chi connectivity index (χ2n) is 8.04. The van der Waals surface area contributed by atoms with Crippen LogP contribution in [0.15, 0.2) is 24.3 Å². The summed E-state index contributed by atoms with van der Waals surface area (Å²) in [4.78, 5) is 2.00. The molecule has 0 N–H and O–H groups in total. The van der Waals surface area contributed by atoms with Gasteiger partial charge in [0.2, 0.25) is 0 Å². The Balaban J connectivity index is 2.61. The third kappa shape index (κ3) is 7.58. The van der Waals surface area contributed by atoms with E-state index in [2.05, 4.69) is 70.7 Å². The van der Waals surface area contributed by atoms with Crippen LogP contribution < -0.4 is 4.90 Å². The van der Waals surface area contributed by atoms with Crippen LogP contribution in [-0.4, -0.2) is 18.7 Å². The average molecular weight is 325 g/mol. The first-order chi connectivity index (χ1) is 11.2. The van der Waals surface area contributed by atoms with E-state index in [0.717, 1.165) is 24.1 Å². The van der Waals surface area contributed by atoms with Crippen LogP contribution in [0.2, 0.25) is 0 Å². The van der Waals surface area contributed by atoms with Crippen molar-refractivity contribution in [3.8, 4) is 24.7 Å². The molecule has 0 aliphatic carbocycles. The Labute approximate surface area is 148 Å². The molecule has 130 valence electrons. The van der Waals surface area contributed by atoms with Crippen molar-refractivity contribution in [2.45, 2.75) is 59.7 Å². The van der Waals surface area contributed by atoms with Gasteiger partial charge < -0.3 is 9.64 Å². The van der Waals surface area contributed by atoms with Gasteiger partial charge in [-0.1, -0.05) is 44.7 Å². The summed E-state index contributed by atoms with van der Waals surface area (Å²) in [7, 11) is 0. The normalized spacial score (nSPS) is 11.6. The summed E-state index contributed by atoms with van der Waals surface area (Å²) in [5, 5.41) is 0. The molecule has 0 saturated carbocycles. The van der Waals surface area contributed by atoms with Gasteiger partial charge in [-0.05, 0) is 49.8 Å². The first-order valence-electron chi connectivity index (χ1n) is 8.52. The van der Waals surface area contributed by atoms with Crippen LogP contribution in [0.3, 0.4) is 0 Å². The molecule has 0 aromatic heterocycles. The molecule has 0 unspecified atom stereocenters. The fourth-order valence-corrected chi connectivity index (χ4v) is 2.29. The van der Waals surface area contributed by atoms with Gasteiger partial charge in [0.05, 0.1) is 25.3 Å². The summed E-state index contributed by atoms with van der Waals surface area (Å²) in [5.41, 5.74) is 2.41. The highest BCUT2D eigenvalue weighted by molar-refractivity contribution is 5.49. The molecular formula is C22H31NO. The smallest absolute Gasteiger partial charge is 0.0801 e. The molecule has 0 radical (unpaired) electrons. The fraction of sp³-hybridized carbons (Fsp3) is 0.545. The van der Waals surface area contributed by atoms with Crippen LogP contribution in [0.5, 0.6) is 0 Å². The van der Waals surface area contributed by atoms with Gasteiger partial charge >= 0.3 is 0 Å². The number of ether oxygens (including phenoxy) is 1. The molecule has 1 aromatic rings. The van der Waals surface area contributed by atoms with Gasteiger partial charge in [-0.25, -0.2) is 0 Å². The second kappa shape index (κ2) is 8.81. The number of hydrogen-bond donors (Lipinski definition) is 0. The summed E-state index contributed by atoms with van der Waals surface area (Å²) in [6, 6.07) is 8.26. The molecule has 2 heteroatoms. The third-order valence-electron chi connectivity index (χ3n) is 3.97. The zero-order valence-electron chi connectivity index (χ0n) is 15.9. The van der Waals surface area contributed by atoms with Crippen molar-refractivity contribution >= 4 is 5.69 Å². The van der Waals surface area contributed by atoms with Crippen LogP contribution >= 0.6 is 0 Å². The molecule has 24 heavy (non-hydrogen) atoms. The van der Waals surface area contributed by atoms with Gasteiger partial charge in [-0.2, -0.15) is 0 Å². The number of rotatable bonds is 8. The molecule has 0 spiro atoms. The number of anilines is 1. The van der Waals surface area contributed by atoms with Gasteiger partial charge in [0.1, 0.15) is 0 Å². The highest BCUT2D eigenvalue weighted by atomic mass is 16.5. The molecule has 2 nitrogen and oxygen atoms in total. The molecule has 0 aliphatic rings. The fourth-order valence-electron chi connectivity index (χ4n) is 2.29. The van der Waals surface area contributed by atoms with Gasteiger partial charge in [-0.15, -0.1) is 12.8 Å². The lowest BCUT2D eigenvalue weighted by molar-refractivity contribution is -0.0409. The van der Waals surface area contributed by atoms with E-state index in [0.29, 0.717) is 25.1 Å². The highest BCUT2D eigenvalue weighted by Gasteiger charge is 2.22. The first kappa shape index (κ1) is 20.1. The maximum atomic E-state index is 6.13. The van der Waals surface area contributed by atoms with Crippen molar-refractivity contribution in [1.82, 2.24) is 0 Å². The number of benzene rings is 1. The molecule has 0 atom stereocenters. The van der Waals surface area contributed by atoms with Crippen LogP contribution in [0.25, 0.3) is 0 Å². The van der Waals surface area contributed by atoms with E-state index in [1.165, 1.54) is 0 Å². The number of hydrogen-bond acceptors (Lipinski definition) is 2. The Morgan fingerprint density at radius 3 is 1.92 bits per heavy atom. The minimum absolute atomic E-state index is 0.120. The van der Waals surface area contributed by atoms with E-state index in [1.54, 1.807) is 0 Å². The van der Waals surface area contributed by atoms with E-state index in [9.17, 15) is 0 Å². The number of nitrogens with zero attached hydrogens (tertiary/aromatic N) is 1. The molecular weight excluding hydrogens is 294 g/mol. The van der Waals surface area contributed by atoms with Gasteiger partial charge in [0, 0.05) is 5.69 Å². The van der Waals surface area contributed by atoms with E-state index < -0.39 is 0 Å². The molecule has 0 aliphatic heterocycles. The Hall–Kier alpha value is -1.90. The van der Waals surface area contributed by atoms with Crippen LogP contribution in [0, 0.1) is 30.1 Å². The Kier molecular flexibility index (Phi) is 7.40. The van der Waals surface area contributed by atoms with E-state index in [-0.39, 0.29) is 5.60 Å². The van der Waals surface area contributed by atoms with Crippen molar-refractivity contribution in [2.75, 3.05) is 18.0 Å². The summed E-state index contributed by atoms with van der Waals surface area (Å²) in [6.07, 6.45) is 13.0. The second-order valence-corrected chi connectivity index (χ2v) is 8.04. The third-order valence-corrected chi connectivity index (χ3v) is 3.97. The SMILES string of the molecule is C#CCN(CC#C)c1ccc(COC(C)(C)CCC(C)(C)C)cc1. The molecule has 1 aromatic carbocycles. The lowest BCUT2D eigenvalue weighted by Crippen LogP contribution is -2.26. The van der Waals surface area contributed by atoms with Crippen molar-refractivity contribution < 1.29 is 4.74 Å². The van der Waals surface area contributed by atoms with E-state index in [4.69, 9.17) is 17.6 Å². The Bertz CT molecular complexity index is 562. The van der Waals surface area contributed by atoms with E-state index >= 15 is 0 Å². The standard InChI is InChI=1S/C22H31NO/c1-8-16-23(17-9-2)20-12-10-19(11-13-20)18-24-22(6,7)15-14-21(3,4)5/h1-2,10-13H,14-18H2,3-7H3. The summed E-state index contributed by atoms with van der Waals surface area (Å²) < 4.78 is 6.13. The predicted octanol–water partition coefficient (Wildman–Crippen LogP) is 4.88. The van der Waals surface area contributed by atoms with E-state index in [1.807, 2.05) is 4.90 Å². The zero-order chi connectivity index (χ0) is 18.2. The van der Waals surface area contributed by atoms with Crippen LogP contribution in [-0.2, 0) is 11.3 Å². The topological polar surface area (TPSA) is 12.5 Å². The Morgan fingerprint density at radius 1 is 0.917 bits per heavy atom. The van der Waals surface area contributed by atoms with Crippen LogP contribution in [0.4, 0.5) is 5.69 Å². The van der Waals surface area contributed by atoms with Gasteiger partial charge in [0.25, 0.3) is 0 Å².